The van der Waals surface area contributed by atoms with Crippen LogP contribution >= 0.6 is 11.6 Å². The summed E-state index contributed by atoms with van der Waals surface area (Å²) in [6.07, 6.45) is 3.08. The van der Waals surface area contributed by atoms with Gasteiger partial charge in [-0.1, -0.05) is 29.8 Å². The molecule has 0 aliphatic rings. The van der Waals surface area contributed by atoms with Crippen molar-refractivity contribution in [2.24, 2.45) is 0 Å². The largest absolute Gasteiger partial charge is 0.298 e. The minimum atomic E-state index is 0.578. The molecule has 1 aromatic heterocycles. The summed E-state index contributed by atoms with van der Waals surface area (Å²) in [4.78, 5) is 15.0. The fraction of sp³-hybridized carbons (Fsp3) is 0.0769. The summed E-state index contributed by atoms with van der Waals surface area (Å²) in [5.41, 5.74) is 2.35. The van der Waals surface area contributed by atoms with Crippen LogP contribution in [0.4, 0.5) is 0 Å². The van der Waals surface area contributed by atoms with Crippen LogP contribution in [0.2, 0.25) is 5.02 Å². The van der Waals surface area contributed by atoms with E-state index in [1.54, 1.807) is 18.3 Å². The number of hydrogen-bond donors (Lipinski definition) is 0. The Morgan fingerprint density at radius 1 is 1.19 bits per heavy atom. The molecule has 0 saturated heterocycles. The van der Waals surface area contributed by atoms with Crippen molar-refractivity contribution in [2.45, 2.75) is 6.42 Å². The first-order valence-electron chi connectivity index (χ1n) is 4.93. The van der Waals surface area contributed by atoms with Crippen LogP contribution in [0, 0.1) is 0 Å². The lowest BCUT2D eigenvalue weighted by Gasteiger charge is -2.05. The van der Waals surface area contributed by atoms with Gasteiger partial charge in [0.15, 0.2) is 6.29 Å². The Morgan fingerprint density at radius 2 is 2.00 bits per heavy atom. The number of hydrogen-bond acceptors (Lipinski definition) is 2. The van der Waals surface area contributed by atoms with E-state index in [1.807, 2.05) is 24.3 Å². The average Bonchev–Trinajstić information content (AvgIpc) is 2.33. The molecule has 0 aliphatic heterocycles. The summed E-state index contributed by atoms with van der Waals surface area (Å²) >= 11 is 6.05. The van der Waals surface area contributed by atoms with Gasteiger partial charge in [-0.2, -0.15) is 0 Å². The van der Waals surface area contributed by atoms with Crippen LogP contribution < -0.4 is 0 Å². The predicted molar refractivity (Wildman–Crippen MR) is 63.9 cm³/mol. The first-order chi connectivity index (χ1) is 7.81. The standard InChI is InChI=1S/C13H10ClNO/c14-12-6-2-1-4-10(12)8-13-11(9-16)5-3-7-15-13/h1-7,9H,8H2. The number of benzene rings is 1. The highest BCUT2D eigenvalue weighted by atomic mass is 35.5. The molecule has 0 amide bonds. The fourth-order valence-corrected chi connectivity index (χ4v) is 1.73. The van der Waals surface area contributed by atoms with Gasteiger partial charge in [-0.05, 0) is 23.8 Å². The molecule has 2 nitrogen and oxygen atoms in total. The molecule has 2 rings (SSSR count). The van der Waals surface area contributed by atoms with E-state index in [-0.39, 0.29) is 0 Å². The van der Waals surface area contributed by atoms with Crippen molar-refractivity contribution in [1.82, 2.24) is 4.98 Å². The lowest BCUT2D eigenvalue weighted by molar-refractivity contribution is 0.112. The smallest absolute Gasteiger partial charge is 0.151 e. The molecule has 3 heteroatoms. The molecule has 0 spiro atoms. The maximum atomic E-state index is 10.8. The van der Waals surface area contributed by atoms with E-state index in [0.29, 0.717) is 17.0 Å². The van der Waals surface area contributed by atoms with E-state index in [0.717, 1.165) is 17.5 Å². The van der Waals surface area contributed by atoms with Gasteiger partial charge in [0.05, 0.1) is 5.69 Å². The monoisotopic (exact) mass is 231 g/mol. The molecule has 0 fully saturated rings. The van der Waals surface area contributed by atoms with E-state index in [4.69, 9.17) is 11.6 Å². The van der Waals surface area contributed by atoms with E-state index >= 15 is 0 Å². The van der Waals surface area contributed by atoms with Crippen LogP contribution in [0.15, 0.2) is 42.6 Å². The van der Waals surface area contributed by atoms with Gasteiger partial charge in [0.2, 0.25) is 0 Å². The number of halogens is 1. The van der Waals surface area contributed by atoms with E-state index in [9.17, 15) is 4.79 Å². The van der Waals surface area contributed by atoms with Crippen LogP contribution in [0.3, 0.4) is 0 Å². The van der Waals surface area contributed by atoms with Crippen LogP contribution in [-0.4, -0.2) is 11.3 Å². The zero-order valence-corrected chi connectivity index (χ0v) is 9.32. The number of aromatic nitrogens is 1. The van der Waals surface area contributed by atoms with Crippen LogP contribution in [0.1, 0.15) is 21.6 Å². The maximum Gasteiger partial charge on any atom is 0.151 e. The summed E-state index contributed by atoms with van der Waals surface area (Å²) in [5, 5.41) is 0.699. The van der Waals surface area contributed by atoms with Crippen LogP contribution in [-0.2, 0) is 6.42 Å². The number of pyridine rings is 1. The van der Waals surface area contributed by atoms with Gasteiger partial charge in [-0.15, -0.1) is 0 Å². The zero-order valence-electron chi connectivity index (χ0n) is 8.56. The van der Waals surface area contributed by atoms with Gasteiger partial charge in [0, 0.05) is 23.2 Å². The van der Waals surface area contributed by atoms with Crippen molar-refractivity contribution >= 4 is 17.9 Å². The zero-order chi connectivity index (χ0) is 11.4. The molecule has 80 valence electrons. The van der Waals surface area contributed by atoms with Gasteiger partial charge in [-0.3, -0.25) is 9.78 Å². The molecule has 1 heterocycles. The highest BCUT2D eigenvalue weighted by Crippen LogP contribution is 2.19. The Balaban J connectivity index is 2.34. The quantitative estimate of drug-likeness (QED) is 0.760. The first-order valence-corrected chi connectivity index (χ1v) is 5.31. The molecule has 0 bridgehead atoms. The van der Waals surface area contributed by atoms with Crippen LogP contribution in [0.25, 0.3) is 0 Å². The van der Waals surface area contributed by atoms with E-state index < -0.39 is 0 Å². The molecule has 0 saturated carbocycles. The van der Waals surface area contributed by atoms with Crippen molar-refractivity contribution < 1.29 is 4.79 Å². The molecule has 16 heavy (non-hydrogen) atoms. The summed E-state index contributed by atoms with van der Waals surface area (Å²) in [6.45, 7) is 0. The third-order valence-corrected chi connectivity index (χ3v) is 2.74. The number of carbonyl (C=O) groups excluding carboxylic acids is 1. The molecule has 0 unspecified atom stereocenters. The van der Waals surface area contributed by atoms with Gasteiger partial charge < -0.3 is 0 Å². The number of nitrogens with zero attached hydrogens (tertiary/aromatic N) is 1. The van der Waals surface area contributed by atoms with E-state index in [2.05, 4.69) is 4.98 Å². The summed E-state index contributed by atoms with van der Waals surface area (Å²) < 4.78 is 0. The first kappa shape index (κ1) is 10.8. The highest BCUT2D eigenvalue weighted by molar-refractivity contribution is 6.31. The minimum absolute atomic E-state index is 0.578. The number of carbonyl (C=O) groups is 1. The van der Waals surface area contributed by atoms with Crippen molar-refractivity contribution in [3.63, 3.8) is 0 Å². The minimum Gasteiger partial charge on any atom is -0.298 e. The van der Waals surface area contributed by atoms with Gasteiger partial charge >= 0.3 is 0 Å². The lowest BCUT2D eigenvalue weighted by Crippen LogP contribution is -1.98. The van der Waals surface area contributed by atoms with Crippen LogP contribution in [0.5, 0.6) is 0 Å². The summed E-state index contributed by atoms with van der Waals surface area (Å²) in [5.74, 6) is 0. The molecule has 2 aromatic rings. The molecule has 0 N–H and O–H groups in total. The number of rotatable bonds is 3. The third kappa shape index (κ3) is 2.28. The average molecular weight is 232 g/mol. The molecular formula is C13H10ClNO. The molecular weight excluding hydrogens is 222 g/mol. The summed E-state index contributed by atoms with van der Waals surface area (Å²) in [6, 6.07) is 11.1. The van der Waals surface area contributed by atoms with Crippen molar-refractivity contribution in [3.8, 4) is 0 Å². The molecule has 0 aliphatic carbocycles. The predicted octanol–water partition coefficient (Wildman–Crippen LogP) is 3.14. The second kappa shape index (κ2) is 4.90. The second-order valence-corrected chi connectivity index (χ2v) is 3.83. The highest BCUT2D eigenvalue weighted by Gasteiger charge is 2.05. The Labute approximate surface area is 98.9 Å². The number of aldehydes is 1. The van der Waals surface area contributed by atoms with Gasteiger partial charge in [0.25, 0.3) is 0 Å². The molecule has 0 atom stereocenters. The Kier molecular flexibility index (Phi) is 3.32. The molecule has 1 aromatic carbocycles. The summed E-state index contributed by atoms with van der Waals surface area (Å²) in [7, 11) is 0. The third-order valence-electron chi connectivity index (χ3n) is 2.37. The Morgan fingerprint density at radius 3 is 2.75 bits per heavy atom. The van der Waals surface area contributed by atoms with E-state index in [1.165, 1.54) is 0 Å². The Hall–Kier alpha value is -1.67. The SMILES string of the molecule is O=Cc1cccnc1Cc1ccccc1Cl. The van der Waals surface area contributed by atoms with Crippen molar-refractivity contribution in [3.05, 3.63) is 64.4 Å². The maximum absolute atomic E-state index is 10.8. The second-order valence-electron chi connectivity index (χ2n) is 3.43. The van der Waals surface area contributed by atoms with Crippen molar-refractivity contribution in [2.75, 3.05) is 0 Å². The van der Waals surface area contributed by atoms with Gasteiger partial charge in [0.1, 0.15) is 0 Å². The normalized spacial score (nSPS) is 10.1. The molecule has 0 radical (unpaired) electrons. The topological polar surface area (TPSA) is 30.0 Å². The fourth-order valence-electron chi connectivity index (χ4n) is 1.53. The Bertz CT molecular complexity index is 511. The lowest BCUT2D eigenvalue weighted by atomic mass is 10.1. The van der Waals surface area contributed by atoms with Crippen molar-refractivity contribution in [1.29, 1.82) is 0 Å². The van der Waals surface area contributed by atoms with Gasteiger partial charge in [-0.25, -0.2) is 0 Å².